The third-order valence-electron chi connectivity index (χ3n) is 5.97. The van der Waals surface area contributed by atoms with E-state index < -0.39 is 0 Å². The Labute approximate surface area is 155 Å². The van der Waals surface area contributed by atoms with Gasteiger partial charge in [0.2, 0.25) is 5.91 Å². The molecule has 3 aliphatic rings. The second-order valence-corrected chi connectivity index (χ2v) is 7.89. The highest BCUT2D eigenvalue weighted by Crippen LogP contribution is 2.56. The number of hydrogen-bond donors (Lipinski definition) is 1. The fourth-order valence-electron chi connectivity index (χ4n) is 4.82. The lowest BCUT2D eigenvalue weighted by molar-refractivity contribution is -0.116. The summed E-state index contributed by atoms with van der Waals surface area (Å²) in [6.45, 7) is 5.38. The van der Waals surface area contributed by atoms with Gasteiger partial charge in [0.15, 0.2) is 0 Å². The molecule has 4 rings (SSSR count). The van der Waals surface area contributed by atoms with E-state index in [1.54, 1.807) is 18.0 Å². The number of carbonyl (C=O) groups is 1. The van der Waals surface area contributed by atoms with Crippen molar-refractivity contribution in [1.82, 2.24) is 9.88 Å². The Kier molecular flexibility index (Phi) is 4.43. The largest absolute Gasteiger partial charge is 0.347 e. The van der Waals surface area contributed by atoms with Crippen LogP contribution in [0.3, 0.4) is 0 Å². The predicted octanol–water partition coefficient (Wildman–Crippen LogP) is 4.79. The molecule has 0 fully saturated rings. The van der Waals surface area contributed by atoms with Crippen LogP contribution in [0.2, 0.25) is 0 Å². The molecule has 1 N–H and O–H groups in total. The number of fused-ring (bicyclic) bond motifs is 2. The van der Waals surface area contributed by atoms with Crippen molar-refractivity contribution in [2.45, 2.75) is 52.4 Å². The highest BCUT2D eigenvalue weighted by molar-refractivity contribution is 5.90. The molecule has 136 valence electrons. The summed E-state index contributed by atoms with van der Waals surface area (Å²) in [6, 6.07) is 3.65. The third-order valence-corrected chi connectivity index (χ3v) is 5.97. The number of nitrogens with zero attached hydrogens (tertiary/aromatic N) is 2. The molecular formula is C22H27N3O. The Morgan fingerprint density at radius 3 is 2.81 bits per heavy atom. The number of allylic oxidation sites excluding steroid dienone is 5. The van der Waals surface area contributed by atoms with E-state index >= 15 is 0 Å². The van der Waals surface area contributed by atoms with Crippen molar-refractivity contribution in [3.8, 4) is 0 Å². The SMILES string of the molecule is CC1=CC=C2N(CCC(=O)Nc3ccncc3)C3=C(CCCC3)C2(C)C1. The fraction of sp³-hybridized carbons (Fsp3) is 0.455. The quantitative estimate of drug-likeness (QED) is 0.850. The van der Waals surface area contributed by atoms with Gasteiger partial charge in [0.25, 0.3) is 0 Å². The highest BCUT2D eigenvalue weighted by Gasteiger charge is 2.46. The molecule has 1 aromatic heterocycles. The Balaban J connectivity index is 1.51. The number of aromatic nitrogens is 1. The summed E-state index contributed by atoms with van der Waals surface area (Å²) in [5.41, 5.74) is 6.90. The van der Waals surface area contributed by atoms with Gasteiger partial charge in [0, 0.05) is 47.9 Å². The first-order valence-corrected chi connectivity index (χ1v) is 9.66. The van der Waals surface area contributed by atoms with Gasteiger partial charge in [-0.15, -0.1) is 0 Å². The smallest absolute Gasteiger partial charge is 0.226 e. The van der Waals surface area contributed by atoms with E-state index in [9.17, 15) is 4.79 Å². The topological polar surface area (TPSA) is 45.2 Å². The lowest BCUT2D eigenvalue weighted by atomic mass is 9.71. The van der Waals surface area contributed by atoms with Gasteiger partial charge >= 0.3 is 0 Å². The minimum absolute atomic E-state index is 0.0610. The molecule has 0 aromatic carbocycles. The Hall–Kier alpha value is -2.36. The summed E-state index contributed by atoms with van der Waals surface area (Å²) >= 11 is 0. The number of hydrogen-bond acceptors (Lipinski definition) is 3. The molecule has 1 aromatic rings. The Morgan fingerprint density at radius 2 is 2.00 bits per heavy atom. The summed E-state index contributed by atoms with van der Waals surface area (Å²) in [5, 5.41) is 2.97. The first-order chi connectivity index (χ1) is 12.6. The summed E-state index contributed by atoms with van der Waals surface area (Å²) in [4.78, 5) is 18.9. The normalized spacial score (nSPS) is 24.6. The van der Waals surface area contributed by atoms with Crippen LogP contribution in [0, 0.1) is 5.41 Å². The zero-order valence-corrected chi connectivity index (χ0v) is 15.7. The summed E-state index contributed by atoms with van der Waals surface area (Å²) in [6.07, 6.45) is 14.4. The molecule has 2 aliphatic carbocycles. The molecule has 4 heteroatoms. The summed E-state index contributed by atoms with van der Waals surface area (Å²) < 4.78 is 0. The van der Waals surface area contributed by atoms with Crippen LogP contribution in [-0.4, -0.2) is 22.3 Å². The van der Waals surface area contributed by atoms with Crippen molar-refractivity contribution in [2.75, 3.05) is 11.9 Å². The monoisotopic (exact) mass is 349 g/mol. The van der Waals surface area contributed by atoms with Crippen molar-refractivity contribution in [3.63, 3.8) is 0 Å². The van der Waals surface area contributed by atoms with Crippen LogP contribution < -0.4 is 5.32 Å². The van der Waals surface area contributed by atoms with Gasteiger partial charge in [0.05, 0.1) is 0 Å². The van der Waals surface area contributed by atoms with E-state index in [0.29, 0.717) is 6.42 Å². The van der Waals surface area contributed by atoms with E-state index in [1.165, 1.54) is 36.2 Å². The van der Waals surface area contributed by atoms with Crippen molar-refractivity contribution in [3.05, 3.63) is 59.2 Å². The first kappa shape index (κ1) is 17.1. The third kappa shape index (κ3) is 2.98. The molecular weight excluding hydrogens is 322 g/mol. The van der Waals surface area contributed by atoms with Crippen LogP contribution in [0.4, 0.5) is 5.69 Å². The standard InChI is InChI=1S/C22H27N3O/c1-16-7-8-20-22(2,15-16)18-5-3-4-6-19(18)25(20)14-11-21(26)24-17-9-12-23-13-10-17/h7-10,12-13H,3-6,11,14-15H2,1-2H3,(H,23,24,26). The molecule has 2 heterocycles. The maximum Gasteiger partial charge on any atom is 0.226 e. The number of amides is 1. The van der Waals surface area contributed by atoms with Crippen LogP contribution in [-0.2, 0) is 4.79 Å². The molecule has 0 spiro atoms. The highest BCUT2D eigenvalue weighted by atomic mass is 16.1. The first-order valence-electron chi connectivity index (χ1n) is 9.66. The number of nitrogens with one attached hydrogen (secondary N) is 1. The van der Waals surface area contributed by atoms with Crippen molar-refractivity contribution < 1.29 is 4.79 Å². The second kappa shape index (κ2) is 6.75. The molecule has 0 saturated carbocycles. The predicted molar refractivity (Wildman–Crippen MR) is 104 cm³/mol. The number of carbonyl (C=O) groups excluding carboxylic acids is 1. The number of pyridine rings is 1. The van der Waals surface area contributed by atoms with Crippen LogP contribution >= 0.6 is 0 Å². The molecule has 4 nitrogen and oxygen atoms in total. The van der Waals surface area contributed by atoms with Crippen molar-refractivity contribution in [1.29, 1.82) is 0 Å². The molecule has 1 amide bonds. The fourth-order valence-corrected chi connectivity index (χ4v) is 4.82. The molecule has 1 atom stereocenters. The molecule has 0 bridgehead atoms. The molecule has 1 aliphatic heterocycles. The maximum atomic E-state index is 12.4. The van der Waals surface area contributed by atoms with Crippen LogP contribution in [0.15, 0.2) is 59.2 Å². The van der Waals surface area contributed by atoms with Gasteiger partial charge in [-0.05, 0) is 69.7 Å². The number of rotatable bonds is 4. The van der Waals surface area contributed by atoms with Gasteiger partial charge in [-0.2, -0.15) is 0 Å². The van der Waals surface area contributed by atoms with Crippen LogP contribution in [0.1, 0.15) is 52.4 Å². The van der Waals surface area contributed by atoms with Gasteiger partial charge in [-0.3, -0.25) is 9.78 Å². The molecule has 0 saturated heterocycles. The van der Waals surface area contributed by atoms with E-state index in [1.807, 2.05) is 12.1 Å². The Bertz CT molecular complexity index is 806. The lowest BCUT2D eigenvalue weighted by Gasteiger charge is -2.35. The summed E-state index contributed by atoms with van der Waals surface area (Å²) in [5.74, 6) is 0.0610. The molecule has 1 unspecified atom stereocenters. The maximum absolute atomic E-state index is 12.4. The number of anilines is 1. The second-order valence-electron chi connectivity index (χ2n) is 7.89. The molecule has 0 radical (unpaired) electrons. The van der Waals surface area contributed by atoms with Crippen LogP contribution in [0.5, 0.6) is 0 Å². The average molecular weight is 349 g/mol. The lowest BCUT2D eigenvalue weighted by Crippen LogP contribution is -2.29. The minimum atomic E-state index is 0.0610. The van der Waals surface area contributed by atoms with E-state index in [2.05, 4.69) is 41.2 Å². The van der Waals surface area contributed by atoms with Gasteiger partial charge in [-0.25, -0.2) is 0 Å². The van der Waals surface area contributed by atoms with E-state index in [0.717, 1.165) is 25.1 Å². The van der Waals surface area contributed by atoms with Gasteiger partial charge in [0.1, 0.15) is 0 Å². The van der Waals surface area contributed by atoms with Gasteiger partial charge in [-0.1, -0.05) is 11.6 Å². The van der Waals surface area contributed by atoms with Crippen LogP contribution in [0.25, 0.3) is 0 Å². The Morgan fingerprint density at radius 1 is 1.23 bits per heavy atom. The minimum Gasteiger partial charge on any atom is -0.347 e. The van der Waals surface area contributed by atoms with Crippen molar-refractivity contribution in [2.24, 2.45) is 5.41 Å². The van der Waals surface area contributed by atoms with E-state index in [4.69, 9.17) is 0 Å². The van der Waals surface area contributed by atoms with Crippen molar-refractivity contribution >= 4 is 11.6 Å². The molecule has 26 heavy (non-hydrogen) atoms. The van der Waals surface area contributed by atoms with E-state index in [-0.39, 0.29) is 11.3 Å². The zero-order chi connectivity index (χ0) is 18.1. The average Bonchev–Trinajstić information content (AvgIpc) is 2.88. The zero-order valence-electron chi connectivity index (χ0n) is 15.7. The summed E-state index contributed by atoms with van der Waals surface area (Å²) in [7, 11) is 0. The van der Waals surface area contributed by atoms with Gasteiger partial charge < -0.3 is 10.2 Å².